The van der Waals surface area contributed by atoms with Crippen LogP contribution in [0.4, 0.5) is 4.79 Å². The second-order valence-electron chi connectivity index (χ2n) is 6.62. The molecule has 2 aromatic rings. The van der Waals surface area contributed by atoms with Gasteiger partial charge in [-0.15, -0.1) is 0 Å². The molecule has 1 aromatic carbocycles. The van der Waals surface area contributed by atoms with Crippen molar-refractivity contribution in [2.45, 2.75) is 45.8 Å². The highest BCUT2D eigenvalue weighted by atomic mass is 16.5. The maximum atomic E-state index is 12.6. The highest BCUT2D eigenvalue weighted by molar-refractivity contribution is 6.05. The van der Waals surface area contributed by atoms with Crippen molar-refractivity contribution in [3.05, 3.63) is 41.1 Å². The first-order chi connectivity index (χ1) is 12.3. The number of carbonyl (C=O) groups is 3. The third-order valence-electron chi connectivity index (χ3n) is 4.11. The summed E-state index contributed by atoms with van der Waals surface area (Å²) in [6, 6.07) is 6.81. The van der Waals surface area contributed by atoms with Gasteiger partial charge in [0.05, 0.1) is 11.1 Å². The molecule has 1 heterocycles. The highest BCUT2D eigenvalue weighted by Gasteiger charge is 2.26. The number of pyridine rings is 1. The molecule has 136 valence electrons. The lowest BCUT2D eigenvalue weighted by atomic mass is 10.1. The number of ether oxygens (including phenoxy) is 1. The van der Waals surface area contributed by atoms with Crippen LogP contribution in [-0.4, -0.2) is 35.0 Å². The molecule has 0 saturated heterocycles. The van der Waals surface area contributed by atoms with Gasteiger partial charge in [-0.05, 0) is 51.8 Å². The smallest absolute Gasteiger partial charge is 0.339 e. The number of aryl methyl sites for hydroxylation is 2. The van der Waals surface area contributed by atoms with Crippen LogP contribution in [0.3, 0.4) is 0 Å². The zero-order chi connectivity index (χ0) is 18.8. The number of esters is 1. The van der Waals surface area contributed by atoms with Gasteiger partial charge in [-0.2, -0.15) is 0 Å². The molecule has 1 aromatic heterocycles. The number of amides is 3. The van der Waals surface area contributed by atoms with Crippen molar-refractivity contribution in [1.29, 1.82) is 0 Å². The molecular formula is C19H21N3O4. The minimum Gasteiger partial charge on any atom is -0.449 e. The number of fused-ring (bicyclic) bond motifs is 1. The van der Waals surface area contributed by atoms with E-state index in [0.717, 1.165) is 18.4 Å². The quantitative estimate of drug-likeness (QED) is 0.821. The van der Waals surface area contributed by atoms with Gasteiger partial charge in [-0.25, -0.2) is 9.59 Å². The van der Waals surface area contributed by atoms with Gasteiger partial charge in [0.2, 0.25) is 0 Å². The van der Waals surface area contributed by atoms with Crippen molar-refractivity contribution >= 4 is 28.8 Å². The Balaban J connectivity index is 1.72. The van der Waals surface area contributed by atoms with Gasteiger partial charge in [0.15, 0.2) is 6.10 Å². The maximum absolute atomic E-state index is 12.6. The van der Waals surface area contributed by atoms with Crippen molar-refractivity contribution < 1.29 is 19.1 Å². The summed E-state index contributed by atoms with van der Waals surface area (Å²) in [5.74, 6) is -1.29. The van der Waals surface area contributed by atoms with Crippen LogP contribution in [0, 0.1) is 13.8 Å². The van der Waals surface area contributed by atoms with Crippen LogP contribution in [0.2, 0.25) is 0 Å². The molecule has 0 spiro atoms. The van der Waals surface area contributed by atoms with Gasteiger partial charge in [-0.1, -0.05) is 11.6 Å². The summed E-state index contributed by atoms with van der Waals surface area (Å²) >= 11 is 0. The first-order valence-electron chi connectivity index (χ1n) is 8.54. The number of hydrogen-bond donors (Lipinski definition) is 2. The Morgan fingerprint density at radius 2 is 1.92 bits per heavy atom. The van der Waals surface area contributed by atoms with E-state index in [4.69, 9.17) is 4.74 Å². The molecule has 3 rings (SSSR count). The molecule has 1 fully saturated rings. The number of nitrogens with one attached hydrogen (secondary N) is 2. The van der Waals surface area contributed by atoms with E-state index in [-0.39, 0.29) is 6.04 Å². The lowest BCUT2D eigenvalue weighted by Crippen LogP contribution is -2.45. The minimum atomic E-state index is -1.10. The summed E-state index contributed by atoms with van der Waals surface area (Å²) in [6.07, 6.45) is 0.737. The van der Waals surface area contributed by atoms with E-state index in [0.29, 0.717) is 22.2 Å². The number of urea groups is 1. The van der Waals surface area contributed by atoms with Crippen LogP contribution in [0.25, 0.3) is 10.9 Å². The number of rotatable bonds is 4. The normalized spacial score (nSPS) is 14.6. The highest BCUT2D eigenvalue weighted by Crippen LogP contribution is 2.21. The fourth-order valence-corrected chi connectivity index (χ4v) is 2.58. The van der Waals surface area contributed by atoms with E-state index in [1.165, 1.54) is 6.92 Å². The number of aromatic nitrogens is 1. The molecule has 7 nitrogen and oxygen atoms in total. The molecule has 1 saturated carbocycles. The number of carbonyl (C=O) groups excluding carboxylic acids is 3. The second-order valence-corrected chi connectivity index (χ2v) is 6.62. The van der Waals surface area contributed by atoms with E-state index in [1.54, 1.807) is 13.0 Å². The lowest BCUT2D eigenvalue weighted by Gasteiger charge is -2.14. The van der Waals surface area contributed by atoms with Crippen LogP contribution >= 0.6 is 0 Å². The van der Waals surface area contributed by atoms with Gasteiger partial charge in [0.25, 0.3) is 5.91 Å². The van der Waals surface area contributed by atoms with Gasteiger partial charge in [0.1, 0.15) is 0 Å². The maximum Gasteiger partial charge on any atom is 0.339 e. The van der Waals surface area contributed by atoms with E-state index in [9.17, 15) is 14.4 Å². The number of hydrogen-bond acceptors (Lipinski definition) is 5. The van der Waals surface area contributed by atoms with Crippen LogP contribution in [-0.2, 0) is 9.53 Å². The van der Waals surface area contributed by atoms with E-state index in [2.05, 4.69) is 15.6 Å². The molecule has 1 aliphatic rings. The zero-order valence-electron chi connectivity index (χ0n) is 15.0. The Bertz CT molecular complexity index is 890. The average Bonchev–Trinajstić information content (AvgIpc) is 3.38. The van der Waals surface area contributed by atoms with Gasteiger partial charge in [-0.3, -0.25) is 15.1 Å². The van der Waals surface area contributed by atoms with Crippen LogP contribution in [0.15, 0.2) is 24.3 Å². The van der Waals surface area contributed by atoms with Gasteiger partial charge < -0.3 is 10.1 Å². The Hall–Kier alpha value is -2.96. The molecule has 0 radical (unpaired) electrons. The van der Waals surface area contributed by atoms with Crippen LogP contribution in [0.1, 0.15) is 41.4 Å². The third kappa shape index (κ3) is 4.17. The predicted molar refractivity (Wildman–Crippen MR) is 95.8 cm³/mol. The third-order valence-corrected chi connectivity index (χ3v) is 4.11. The molecule has 26 heavy (non-hydrogen) atoms. The topological polar surface area (TPSA) is 97.4 Å². The summed E-state index contributed by atoms with van der Waals surface area (Å²) in [6.45, 7) is 5.14. The van der Waals surface area contributed by atoms with Crippen molar-refractivity contribution in [2.24, 2.45) is 0 Å². The standard InChI is InChI=1S/C19H21N3O4/c1-10-4-7-16-14(8-10)15(9-11(2)20-16)18(24)26-12(3)17(23)22-19(25)21-13-5-6-13/h4,7-9,12-13H,5-6H2,1-3H3,(H2,21,22,23,25). The monoisotopic (exact) mass is 355 g/mol. The molecule has 1 aliphatic carbocycles. The van der Waals surface area contributed by atoms with Gasteiger partial charge >= 0.3 is 12.0 Å². The molecule has 2 N–H and O–H groups in total. The van der Waals surface area contributed by atoms with E-state index < -0.39 is 24.0 Å². The Kier molecular flexibility index (Phi) is 4.88. The first kappa shape index (κ1) is 17.8. The Labute approximate surface area is 151 Å². The SMILES string of the molecule is Cc1ccc2nc(C)cc(C(=O)OC(C)C(=O)NC(=O)NC3CC3)c2c1. The summed E-state index contributed by atoms with van der Waals surface area (Å²) in [5, 5.41) is 5.50. The number of imide groups is 1. The largest absolute Gasteiger partial charge is 0.449 e. The van der Waals surface area contributed by atoms with Crippen molar-refractivity contribution in [1.82, 2.24) is 15.6 Å². The number of nitrogens with zero attached hydrogens (tertiary/aromatic N) is 1. The van der Waals surface area contributed by atoms with E-state index in [1.807, 2.05) is 25.1 Å². The first-order valence-corrected chi connectivity index (χ1v) is 8.54. The molecule has 3 amide bonds. The molecule has 1 atom stereocenters. The molecule has 0 aliphatic heterocycles. The van der Waals surface area contributed by atoms with Crippen LogP contribution < -0.4 is 10.6 Å². The summed E-state index contributed by atoms with van der Waals surface area (Å²) in [7, 11) is 0. The average molecular weight is 355 g/mol. The Morgan fingerprint density at radius 3 is 2.62 bits per heavy atom. The predicted octanol–water partition coefficient (Wildman–Crippen LogP) is 2.39. The molecular weight excluding hydrogens is 334 g/mol. The van der Waals surface area contributed by atoms with Crippen molar-refractivity contribution in [2.75, 3.05) is 0 Å². The minimum absolute atomic E-state index is 0.134. The Morgan fingerprint density at radius 1 is 1.19 bits per heavy atom. The fraction of sp³-hybridized carbons (Fsp3) is 0.368. The zero-order valence-corrected chi connectivity index (χ0v) is 15.0. The summed E-state index contributed by atoms with van der Waals surface area (Å²) in [5.41, 5.74) is 2.69. The molecule has 7 heteroatoms. The van der Waals surface area contributed by atoms with Crippen molar-refractivity contribution in [3.63, 3.8) is 0 Å². The second kappa shape index (κ2) is 7.11. The van der Waals surface area contributed by atoms with E-state index >= 15 is 0 Å². The molecule has 1 unspecified atom stereocenters. The fourth-order valence-electron chi connectivity index (χ4n) is 2.58. The van der Waals surface area contributed by atoms with Gasteiger partial charge in [0, 0.05) is 17.1 Å². The van der Waals surface area contributed by atoms with Crippen molar-refractivity contribution in [3.8, 4) is 0 Å². The lowest BCUT2D eigenvalue weighted by molar-refractivity contribution is -0.127. The molecule has 0 bridgehead atoms. The summed E-state index contributed by atoms with van der Waals surface area (Å²) < 4.78 is 5.26. The number of benzene rings is 1. The summed E-state index contributed by atoms with van der Waals surface area (Å²) in [4.78, 5) is 40.7. The van der Waals surface area contributed by atoms with Crippen LogP contribution in [0.5, 0.6) is 0 Å².